The van der Waals surface area contributed by atoms with Crippen LogP contribution in [0.5, 0.6) is 0 Å². The average molecular weight is 232 g/mol. The molecular formula is C10H20N2O4. The number of hydrogen-bond acceptors (Lipinski definition) is 5. The number of esters is 1. The summed E-state index contributed by atoms with van der Waals surface area (Å²) in [6, 6.07) is -2.29. The SMILES string of the molecule is CN(C)C(C(=O)OC(C)(C)C)C(N)C(=O)O. The summed E-state index contributed by atoms with van der Waals surface area (Å²) in [6.07, 6.45) is 0. The smallest absolute Gasteiger partial charge is 0.326 e. The van der Waals surface area contributed by atoms with Gasteiger partial charge in [-0.25, -0.2) is 0 Å². The maximum Gasteiger partial charge on any atom is 0.326 e. The van der Waals surface area contributed by atoms with Crippen LogP contribution >= 0.6 is 0 Å². The lowest BCUT2D eigenvalue weighted by atomic mass is 10.1. The second-order valence-electron chi connectivity index (χ2n) is 4.81. The van der Waals surface area contributed by atoms with Gasteiger partial charge >= 0.3 is 11.9 Å². The number of rotatable bonds is 4. The van der Waals surface area contributed by atoms with E-state index in [0.717, 1.165) is 0 Å². The molecule has 0 saturated carbocycles. The number of carboxylic acid groups (broad SMARTS) is 1. The standard InChI is InChI=1S/C10H20N2O4/c1-10(2,3)16-9(15)7(12(4)5)6(11)8(13)14/h6-7H,11H2,1-5H3,(H,13,14). The molecule has 0 aromatic carbocycles. The van der Waals surface area contributed by atoms with E-state index in [9.17, 15) is 9.59 Å². The Bertz CT molecular complexity index is 270. The van der Waals surface area contributed by atoms with Crippen molar-refractivity contribution in [3.63, 3.8) is 0 Å². The first kappa shape index (κ1) is 14.9. The molecule has 0 saturated heterocycles. The number of likely N-dealkylation sites (N-methyl/N-ethyl adjacent to an activating group) is 1. The fraction of sp³-hybridized carbons (Fsp3) is 0.800. The van der Waals surface area contributed by atoms with Gasteiger partial charge in [0.25, 0.3) is 0 Å². The van der Waals surface area contributed by atoms with Crippen molar-refractivity contribution in [2.45, 2.75) is 38.5 Å². The highest BCUT2D eigenvalue weighted by Gasteiger charge is 2.35. The summed E-state index contributed by atoms with van der Waals surface area (Å²) in [5.74, 6) is -1.86. The van der Waals surface area contributed by atoms with E-state index in [0.29, 0.717) is 0 Å². The van der Waals surface area contributed by atoms with E-state index in [1.54, 1.807) is 34.9 Å². The number of ether oxygens (including phenoxy) is 1. The van der Waals surface area contributed by atoms with Gasteiger partial charge in [0, 0.05) is 0 Å². The van der Waals surface area contributed by atoms with Crippen molar-refractivity contribution < 1.29 is 19.4 Å². The van der Waals surface area contributed by atoms with Crippen molar-refractivity contribution >= 4 is 11.9 Å². The zero-order valence-corrected chi connectivity index (χ0v) is 10.4. The summed E-state index contributed by atoms with van der Waals surface area (Å²) >= 11 is 0. The number of nitrogens with two attached hydrogens (primary N) is 1. The Balaban J connectivity index is 4.80. The van der Waals surface area contributed by atoms with Crippen molar-refractivity contribution in [1.29, 1.82) is 0 Å². The summed E-state index contributed by atoms with van der Waals surface area (Å²) in [6.45, 7) is 5.14. The van der Waals surface area contributed by atoms with Gasteiger partial charge in [0.15, 0.2) is 0 Å². The van der Waals surface area contributed by atoms with Crippen LogP contribution in [0.1, 0.15) is 20.8 Å². The number of carbonyl (C=O) groups is 2. The Morgan fingerprint density at radius 2 is 1.75 bits per heavy atom. The third kappa shape index (κ3) is 4.59. The molecule has 16 heavy (non-hydrogen) atoms. The van der Waals surface area contributed by atoms with Gasteiger partial charge in [0.1, 0.15) is 17.7 Å². The maximum absolute atomic E-state index is 11.7. The lowest BCUT2D eigenvalue weighted by Gasteiger charge is -2.29. The molecule has 6 heteroatoms. The van der Waals surface area contributed by atoms with E-state index < -0.39 is 29.6 Å². The molecule has 0 rings (SSSR count). The third-order valence-electron chi connectivity index (χ3n) is 1.83. The van der Waals surface area contributed by atoms with E-state index in [2.05, 4.69) is 0 Å². The number of carbonyl (C=O) groups excluding carboxylic acids is 1. The molecule has 0 bridgehead atoms. The van der Waals surface area contributed by atoms with Gasteiger partial charge in [-0.05, 0) is 34.9 Å². The fourth-order valence-corrected chi connectivity index (χ4v) is 1.18. The molecule has 0 aliphatic rings. The Hall–Kier alpha value is -1.14. The molecule has 0 amide bonds. The minimum Gasteiger partial charge on any atom is -0.480 e. The highest BCUT2D eigenvalue weighted by atomic mass is 16.6. The van der Waals surface area contributed by atoms with Crippen molar-refractivity contribution in [2.24, 2.45) is 5.73 Å². The first-order chi connectivity index (χ1) is 7.06. The Morgan fingerprint density at radius 3 is 2.00 bits per heavy atom. The highest BCUT2D eigenvalue weighted by Crippen LogP contribution is 2.11. The van der Waals surface area contributed by atoms with Gasteiger partial charge < -0.3 is 15.6 Å². The molecule has 0 radical (unpaired) electrons. The molecule has 2 atom stereocenters. The van der Waals surface area contributed by atoms with E-state index in [1.165, 1.54) is 4.90 Å². The summed E-state index contributed by atoms with van der Waals surface area (Å²) in [5.41, 5.74) is 4.78. The maximum atomic E-state index is 11.7. The first-order valence-corrected chi connectivity index (χ1v) is 4.94. The average Bonchev–Trinajstić information content (AvgIpc) is 1.99. The van der Waals surface area contributed by atoms with Gasteiger partial charge in [0.2, 0.25) is 0 Å². The normalized spacial score (nSPS) is 15.7. The predicted molar refractivity (Wildman–Crippen MR) is 58.9 cm³/mol. The Morgan fingerprint density at radius 1 is 1.31 bits per heavy atom. The molecule has 0 spiro atoms. The summed E-state index contributed by atoms with van der Waals surface area (Å²) < 4.78 is 5.11. The summed E-state index contributed by atoms with van der Waals surface area (Å²) in [7, 11) is 3.16. The van der Waals surface area contributed by atoms with Crippen LogP contribution in [0.2, 0.25) is 0 Å². The Kier molecular flexibility index (Phi) is 4.89. The van der Waals surface area contributed by atoms with Crippen molar-refractivity contribution in [3.8, 4) is 0 Å². The minimum atomic E-state index is -1.30. The minimum absolute atomic E-state index is 0.632. The van der Waals surface area contributed by atoms with E-state index in [1.807, 2.05) is 0 Å². The number of nitrogens with zero attached hydrogens (tertiary/aromatic N) is 1. The second-order valence-corrected chi connectivity index (χ2v) is 4.81. The quantitative estimate of drug-likeness (QED) is 0.645. The first-order valence-electron chi connectivity index (χ1n) is 4.94. The van der Waals surface area contributed by atoms with Crippen LogP contribution in [0.25, 0.3) is 0 Å². The van der Waals surface area contributed by atoms with Crippen molar-refractivity contribution in [2.75, 3.05) is 14.1 Å². The molecule has 3 N–H and O–H groups in total. The molecule has 2 unspecified atom stereocenters. The van der Waals surface area contributed by atoms with Crippen LogP contribution in [0.4, 0.5) is 0 Å². The molecule has 0 aromatic rings. The number of hydrogen-bond donors (Lipinski definition) is 2. The lowest BCUT2D eigenvalue weighted by Crippen LogP contribution is -2.55. The summed E-state index contributed by atoms with van der Waals surface area (Å²) in [5, 5.41) is 8.79. The zero-order chi connectivity index (χ0) is 13.1. The van der Waals surface area contributed by atoms with Gasteiger partial charge in [0.05, 0.1) is 0 Å². The van der Waals surface area contributed by atoms with Crippen molar-refractivity contribution in [3.05, 3.63) is 0 Å². The largest absolute Gasteiger partial charge is 0.480 e. The van der Waals surface area contributed by atoms with E-state index >= 15 is 0 Å². The zero-order valence-electron chi connectivity index (χ0n) is 10.4. The van der Waals surface area contributed by atoms with E-state index in [-0.39, 0.29) is 0 Å². The van der Waals surface area contributed by atoms with Gasteiger partial charge in [-0.15, -0.1) is 0 Å². The molecule has 0 aliphatic carbocycles. The van der Waals surface area contributed by atoms with Gasteiger partial charge in [-0.3, -0.25) is 14.5 Å². The molecule has 0 aromatic heterocycles. The molecule has 0 aliphatic heterocycles. The highest BCUT2D eigenvalue weighted by molar-refractivity contribution is 5.86. The lowest BCUT2D eigenvalue weighted by molar-refractivity contribution is -0.164. The van der Waals surface area contributed by atoms with Crippen molar-refractivity contribution in [1.82, 2.24) is 4.90 Å². The van der Waals surface area contributed by atoms with Crippen LogP contribution in [0, 0.1) is 0 Å². The van der Waals surface area contributed by atoms with Gasteiger partial charge in [-0.1, -0.05) is 0 Å². The fourth-order valence-electron chi connectivity index (χ4n) is 1.18. The monoisotopic (exact) mass is 232 g/mol. The van der Waals surface area contributed by atoms with Crippen LogP contribution in [-0.4, -0.2) is 53.7 Å². The summed E-state index contributed by atoms with van der Waals surface area (Å²) in [4.78, 5) is 23.9. The van der Waals surface area contributed by atoms with Crippen LogP contribution in [0.3, 0.4) is 0 Å². The van der Waals surface area contributed by atoms with E-state index in [4.69, 9.17) is 15.6 Å². The molecule has 0 heterocycles. The molecule has 94 valence electrons. The van der Waals surface area contributed by atoms with Crippen LogP contribution in [-0.2, 0) is 14.3 Å². The van der Waals surface area contributed by atoms with Gasteiger partial charge in [-0.2, -0.15) is 0 Å². The van der Waals surface area contributed by atoms with Crippen LogP contribution < -0.4 is 5.73 Å². The van der Waals surface area contributed by atoms with Crippen LogP contribution in [0.15, 0.2) is 0 Å². The predicted octanol–water partition coefficient (Wildman–Crippen LogP) is -0.330. The molecule has 0 fully saturated rings. The third-order valence-corrected chi connectivity index (χ3v) is 1.83. The molecule has 6 nitrogen and oxygen atoms in total. The topological polar surface area (TPSA) is 92.9 Å². The number of carboxylic acids is 1. The molecular weight excluding hydrogens is 212 g/mol. The Labute approximate surface area is 95.4 Å². The second kappa shape index (κ2) is 5.27. The number of aliphatic carboxylic acids is 1.